The SMILES string of the molecule is C=C(c1c(N)cccc1CCCOSI)S(=O)(=O)c1ccccc1. The number of nitrogens with two attached hydrogens (primary N) is 1. The number of benzene rings is 2. The molecule has 7 heteroatoms. The molecule has 2 aromatic rings. The third kappa shape index (κ3) is 4.53. The minimum Gasteiger partial charge on any atom is -0.398 e. The molecule has 0 fully saturated rings. The Kier molecular flexibility index (Phi) is 7.15. The van der Waals surface area contributed by atoms with Crippen molar-refractivity contribution in [3.63, 3.8) is 0 Å². The van der Waals surface area contributed by atoms with Crippen LogP contribution in [0, 0.1) is 0 Å². The fourth-order valence-corrected chi connectivity index (χ4v) is 4.44. The molecule has 0 heterocycles. The zero-order chi connectivity index (χ0) is 17.6. The lowest BCUT2D eigenvalue weighted by Gasteiger charge is -2.15. The lowest BCUT2D eigenvalue weighted by molar-refractivity contribution is 0.371. The smallest absolute Gasteiger partial charge is 0.206 e. The third-order valence-corrected chi connectivity index (χ3v) is 6.32. The van der Waals surface area contributed by atoms with Gasteiger partial charge in [-0.3, -0.25) is 0 Å². The van der Waals surface area contributed by atoms with E-state index in [9.17, 15) is 8.42 Å². The van der Waals surface area contributed by atoms with Crippen LogP contribution in [-0.4, -0.2) is 15.0 Å². The summed E-state index contributed by atoms with van der Waals surface area (Å²) >= 11 is 2.06. The fraction of sp³-hybridized carbons (Fsp3) is 0.176. The van der Waals surface area contributed by atoms with Crippen LogP contribution in [0.5, 0.6) is 0 Å². The van der Waals surface area contributed by atoms with E-state index in [0.717, 1.165) is 12.0 Å². The molecule has 24 heavy (non-hydrogen) atoms. The Morgan fingerprint density at radius 2 is 1.88 bits per heavy atom. The van der Waals surface area contributed by atoms with E-state index in [0.29, 0.717) is 24.3 Å². The first-order chi connectivity index (χ1) is 11.5. The van der Waals surface area contributed by atoms with Crippen molar-refractivity contribution in [2.45, 2.75) is 17.7 Å². The van der Waals surface area contributed by atoms with Crippen LogP contribution in [0.15, 0.2) is 60.0 Å². The Morgan fingerprint density at radius 1 is 1.17 bits per heavy atom. The van der Waals surface area contributed by atoms with Crippen molar-refractivity contribution in [1.29, 1.82) is 0 Å². The normalized spacial score (nSPS) is 11.4. The second kappa shape index (κ2) is 8.89. The van der Waals surface area contributed by atoms with Crippen molar-refractivity contribution in [2.24, 2.45) is 0 Å². The molecule has 0 atom stereocenters. The molecule has 0 aliphatic rings. The first-order valence-corrected chi connectivity index (χ1v) is 12.0. The topological polar surface area (TPSA) is 69.4 Å². The molecule has 4 nitrogen and oxygen atoms in total. The highest BCUT2D eigenvalue weighted by atomic mass is 127. The molecule has 0 unspecified atom stereocenters. The second-order valence-corrected chi connectivity index (χ2v) is 8.52. The van der Waals surface area contributed by atoms with E-state index in [1.54, 1.807) is 36.4 Å². The maximum atomic E-state index is 12.8. The molecule has 0 aliphatic carbocycles. The summed E-state index contributed by atoms with van der Waals surface area (Å²) in [5, 5.41) is 0. The Morgan fingerprint density at radius 3 is 2.54 bits per heavy atom. The molecular weight excluding hydrogens is 457 g/mol. The number of halogens is 1. The molecule has 128 valence electrons. The van der Waals surface area contributed by atoms with E-state index in [4.69, 9.17) is 9.92 Å². The maximum Gasteiger partial charge on any atom is 0.206 e. The number of hydrogen-bond acceptors (Lipinski definition) is 5. The maximum absolute atomic E-state index is 12.8. The second-order valence-electron chi connectivity index (χ2n) is 5.11. The largest absolute Gasteiger partial charge is 0.398 e. The summed E-state index contributed by atoms with van der Waals surface area (Å²) in [6.45, 7) is 4.42. The molecule has 0 amide bonds. The van der Waals surface area contributed by atoms with Crippen molar-refractivity contribution in [3.05, 3.63) is 66.2 Å². The van der Waals surface area contributed by atoms with Gasteiger partial charge in [0.15, 0.2) is 0 Å². The molecule has 0 bridgehead atoms. The van der Waals surface area contributed by atoms with Gasteiger partial charge in [0.2, 0.25) is 9.84 Å². The monoisotopic (exact) mass is 475 g/mol. The van der Waals surface area contributed by atoms with Gasteiger partial charge in [-0.25, -0.2) is 8.42 Å². The van der Waals surface area contributed by atoms with Gasteiger partial charge < -0.3 is 9.92 Å². The first-order valence-electron chi connectivity index (χ1n) is 7.25. The summed E-state index contributed by atoms with van der Waals surface area (Å²) in [7, 11) is -2.40. The number of aryl methyl sites for hydroxylation is 1. The molecule has 2 rings (SSSR count). The van der Waals surface area contributed by atoms with E-state index in [1.807, 2.05) is 12.1 Å². The van der Waals surface area contributed by atoms with Gasteiger partial charge in [-0.05, 0) is 36.6 Å². The van der Waals surface area contributed by atoms with Gasteiger partial charge in [0, 0.05) is 32.5 Å². The van der Waals surface area contributed by atoms with E-state index >= 15 is 0 Å². The minimum atomic E-state index is -3.68. The van der Waals surface area contributed by atoms with Gasteiger partial charge in [-0.1, -0.05) is 36.9 Å². The van der Waals surface area contributed by atoms with E-state index in [-0.39, 0.29) is 9.80 Å². The van der Waals surface area contributed by atoms with Crippen LogP contribution in [0.2, 0.25) is 0 Å². The highest BCUT2D eigenvalue weighted by Crippen LogP contribution is 2.33. The summed E-state index contributed by atoms with van der Waals surface area (Å²) in [6, 6.07) is 13.7. The minimum absolute atomic E-state index is 0.0333. The van der Waals surface area contributed by atoms with Crippen LogP contribution in [-0.2, 0) is 20.4 Å². The Labute approximate surface area is 159 Å². The summed E-state index contributed by atoms with van der Waals surface area (Å²) < 4.78 is 30.9. The van der Waals surface area contributed by atoms with E-state index in [1.165, 1.54) is 9.21 Å². The average molecular weight is 475 g/mol. The molecule has 0 aliphatic heterocycles. The number of nitrogen functional groups attached to an aromatic ring is 1. The van der Waals surface area contributed by atoms with Crippen molar-refractivity contribution in [1.82, 2.24) is 0 Å². The van der Waals surface area contributed by atoms with Gasteiger partial charge in [0.25, 0.3) is 0 Å². The van der Waals surface area contributed by atoms with Crippen LogP contribution >= 0.6 is 30.4 Å². The highest BCUT2D eigenvalue weighted by molar-refractivity contribution is 14.2. The fourth-order valence-electron chi connectivity index (χ4n) is 2.40. The van der Waals surface area contributed by atoms with Crippen LogP contribution in [0.25, 0.3) is 4.91 Å². The summed E-state index contributed by atoms with van der Waals surface area (Å²) in [4.78, 5) is 0.250. The number of rotatable bonds is 8. The first kappa shape index (κ1) is 19.3. The van der Waals surface area contributed by atoms with Gasteiger partial charge in [-0.2, -0.15) is 0 Å². The van der Waals surface area contributed by atoms with Crippen LogP contribution in [0.1, 0.15) is 17.5 Å². The summed E-state index contributed by atoms with van der Waals surface area (Å²) in [5.74, 6) is 0. The van der Waals surface area contributed by atoms with E-state index < -0.39 is 9.84 Å². The summed E-state index contributed by atoms with van der Waals surface area (Å²) in [5.41, 5.74) is 7.85. The number of sulfone groups is 1. The van der Waals surface area contributed by atoms with Crippen molar-refractivity contribution in [2.75, 3.05) is 12.3 Å². The molecule has 0 radical (unpaired) electrons. The zero-order valence-electron chi connectivity index (χ0n) is 12.9. The van der Waals surface area contributed by atoms with Gasteiger partial charge in [0.05, 0.1) is 25.6 Å². The average Bonchev–Trinajstić information content (AvgIpc) is 2.59. The van der Waals surface area contributed by atoms with Crippen LogP contribution < -0.4 is 5.73 Å². The summed E-state index contributed by atoms with van der Waals surface area (Å²) in [6.07, 6.45) is 1.44. The molecular formula is C17H18INO3S2. The predicted molar refractivity (Wildman–Crippen MR) is 109 cm³/mol. The number of hydrogen-bond donors (Lipinski definition) is 1. The standard InChI is InChI=1S/C17H18INO3S2/c1-13(24(20,21)15-9-3-2-4-10-15)17-14(7-5-11-16(17)19)8-6-12-22-23-18/h2-5,7,9-11H,1,6,8,12,19H2. The van der Waals surface area contributed by atoms with E-state index in [2.05, 4.69) is 27.8 Å². The van der Waals surface area contributed by atoms with Gasteiger partial charge >= 0.3 is 0 Å². The van der Waals surface area contributed by atoms with Gasteiger partial charge in [-0.15, -0.1) is 0 Å². The number of anilines is 1. The molecule has 0 saturated heterocycles. The third-order valence-electron chi connectivity index (χ3n) is 3.56. The molecule has 2 N–H and O–H groups in total. The lowest BCUT2D eigenvalue weighted by Crippen LogP contribution is -2.08. The Balaban J connectivity index is 2.35. The lowest BCUT2D eigenvalue weighted by atomic mass is 10.0. The van der Waals surface area contributed by atoms with Crippen molar-refractivity contribution in [3.8, 4) is 0 Å². The highest BCUT2D eigenvalue weighted by Gasteiger charge is 2.23. The Bertz CT molecular complexity index is 808. The van der Waals surface area contributed by atoms with Crippen molar-refractivity contribution < 1.29 is 12.6 Å². The quantitative estimate of drug-likeness (QED) is 0.260. The van der Waals surface area contributed by atoms with Crippen LogP contribution in [0.3, 0.4) is 0 Å². The molecule has 2 aromatic carbocycles. The molecule has 0 spiro atoms. The van der Waals surface area contributed by atoms with Gasteiger partial charge in [0.1, 0.15) is 0 Å². The van der Waals surface area contributed by atoms with Crippen LogP contribution in [0.4, 0.5) is 5.69 Å². The Hall–Kier alpha value is -1.03. The zero-order valence-corrected chi connectivity index (χ0v) is 16.7. The molecule has 0 aromatic heterocycles. The molecule has 0 saturated carbocycles. The predicted octanol–water partition coefficient (Wildman–Crippen LogP) is 4.66. The van der Waals surface area contributed by atoms with Crippen molar-refractivity contribution >= 4 is 50.8 Å².